The van der Waals surface area contributed by atoms with E-state index in [1.165, 1.54) is 12.3 Å². The van der Waals surface area contributed by atoms with Gasteiger partial charge in [0.2, 0.25) is 0 Å². The number of amides is 1. The van der Waals surface area contributed by atoms with Crippen molar-refractivity contribution in [1.29, 1.82) is 0 Å². The lowest BCUT2D eigenvalue weighted by molar-refractivity contribution is 0.102. The van der Waals surface area contributed by atoms with Gasteiger partial charge in [-0.05, 0) is 35.0 Å². The van der Waals surface area contributed by atoms with E-state index >= 15 is 0 Å². The van der Waals surface area contributed by atoms with Crippen LogP contribution in [-0.4, -0.2) is 17.9 Å². The fourth-order valence-corrected chi connectivity index (χ4v) is 2.10. The minimum absolute atomic E-state index is 0.0649. The molecule has 2 rings (SSSR count). The number of carbonyl (C=O) groups excluding carboxylic acids is 1. The predicted octanol–water partition coefficient (Wildman–Crippen LogP) is 3.72. The van der Waals surface area contributed by atoms with Crippen molar-refractivity contribution in [2.75, 3.05) is 17.7 Å². The highest BCUT2D eigenvalue weighted by atomic mass is 79.9. The minimum Gasteiger partial charge on any atom is -0.387 e. The molecule has 0 aliphatic rings. The highest BCUT2D eigenvalue weighted by Crippen LogP contribution is 2.25. The molecule has 0 radical (unpaired) electrons. The Morgan fingerprint density at radius 2 is 1.90 bits per heavy atom. The Hall–Kier alpha value is -2.02. The first-order valence-electron chi connectivity index (χ1n) is 6.02. The van der Waals surface area contributed by atoms with E-state index in [9.17, 15) is 13.6 Å². The number of nitrogens with zero attached hydrogens (tertiary/aromatic N) is 1. The van der Waals surface area contributed by atoms with E-state index in [0.717, 1.165) is 5.69 Å². The second-order valence-corrected chi connectivity index (χ2v) is 5.18. The third-order valence-electron chi connectivity index (χ3n) is 2.81. The first kappa shape index (κ1) is 15.4. The number of halogens is 3. The lowest BCUT2D eigenvalue weighted by Gasteiger charge is -2.11. The van der Waals surface area contributed by atoms with Crippen molar-refractivity contribution in [2.45, 2.75) is 6.92 Å². The average molecular weight is 356 g/mol. The number of aryl methyl sites for hydroxylation is 1. The fraction of sp³-hybridized carbons (Fsp3) is 0.143. The summed E-state index contributed by atoms with van der Waals surface area (Å²) < 4.78 is 26.9. The van der Waals surface area contributed by atoms with Crippen LogP contribution in [0.1, 0.15) is 16.1 Å². The Morgan fingerprint density at radius 3 is 2.57 bits per heavy atom. The number of benzene rings is 1. The van der Waals surface area contributed by atoms with E-state index in [2.05, 4.69) is 31.5 Å². The Kier molecular flexibility index (Phi) is 4.52. The molecule has 0 aliphatic heterocycles. The summed E-state index contributed by atoms with van der Waals surface area (Å²) in [6.07, 6.45) is 1.40. The third-order valence-corrected chi connectivity index (χ3v) is 3.42. The Morgan fingerprint density at radius 1 is 1.19 bits per heavy atom. The van der Waals surface area contributed by atoms with Crippen LogP contribution < -0.4 is 10.6 Å². The number of rotatable bonds is 3. The summed E-state index contributed by atoms with van der Waals surface area (Å²) in [4.78, 5) is 16.2. The molecule has 1 heterocycles. The van der Waals surface area contributed by atoms with Crippen LogP contribution in [0.4, 0.5) is 20.2 Å². The maximum Gasteiger partial charge on any atom is 0.259 e. The maximum atomic E-state index is 13.6. The van der Waals surface area contributed by atoms with Crippen LogP contribution in [-0.2, 0) is 0 Å². The quantitative estimate of drug-likeness (QED) is 0.825. The molecular formula is C14H12BrF2N3O. The molecule has 1 aromatic carbocycles. The van der Waals surface area contributed by atoms with Gasteiger partial charge in [0.05, 0.1) is 21.4 Å². The molecule has 0 fully saturated rings. The lowest BCUT2D eigenvalue weighted by atomic mass is 10.2. The Balaban J connectivity index is 2.32. The molecule has 110 valence electrons. The molecule has 1 amide bonds. The molecular weight excluding hydrogens is 344 g/mol. The SMILES string of the molecule is CNc1cc(C)ncc1C(=O)Nc1cc(Br)c(F)cc1F. The summed E-state index contributed by atoms with van der Waals surface area (Å²) in [5.74, 6) is -2.13. The van der Waals surface area contributed by atoms with Crippen LogP contribution in [0.3, 0.4) is 0 Å². The van der Waals surface area contributed by atoms with Gasteiger partial charge in [0.25, 0.3) is 5.91 Å². The smallest absolute Gasteiger partial charge is 0.259 e. The van der Waals surface area contributed by atoms with Gasteiger partial charge >= 0.3 is 0 Å². The van der Waals surface area contributed by atoms with Gasteiger partial charge in [-0.1, -0.05) is 0 Å². The second-order valence-electron chi connectivity index (χ2n) is 4.32. The zero-order valence-electron chi connectivity index (χ0n) is 11.3. The van der Waals surface area contributed by atoms with Crippen molar-refractivity contribution in [3.8, 4) is 0 Å². The van der Waals surface area contributed by atoms with E-state index in [-0.39, 0.29) is 15.7 Å². The van der Waals surface area contributed by atoms with Gasteiger partial charge < -0.3 is 10.6 Å². The second kappa shape index (κ2) is 6.17. The molecule has 7 heteroatoms. The Bertz CT molecular complexity index is 707. The number of hydrogen-bond acceptors (Lipinski definition) is 3. The molecule has 2 N–H and O–H groups in total. The van der Waals surface area contributed by atoms with E-state index < -0.39 is 17.5 Å². The van der Waals surface area contributed by atoms with Crippen molar-refractivity contribution in [1.82, 2.24) is 4.98 Å². The van der Waals surface area contributed by atoms with Crippen LogP contribution >= 0.6 is 15.9 Å². The zero-order valence-corrected chi connectivity index (χ0v) is 12.9. The molecule has 0 saturated heterocycles. The highest BCUT2D eigenvalue weighted by Gasteiger charge is 2.15. The molecule has 2 aromatic rings. The standard InChI is InChI=1S/C14H12BrF2N3O/c1-7-3-12(18-2)8(6-19-7)14(21)20-13-4-9(15)10(16)5-11(13)17/h3-6H,1-2H3,(H,18,19)(H,20,21). The zero-order chi connectivity index (χ0) is 15.6. The van der Waals surface area contributed by atoms with Crippen LogP contribution in [0.5, 0.6) is 0 Å². The number of nitrogens with one attached hydrogen (secondary N) is 2. The van der Waals surface area contributed by atoms with Gasteiger partial charge in [0, 0.05) is 25.0 Å². The molecule has 1 aromatic heterocycles. The number of anilines is 2. The van der Waals surface area contributed by atoms with Gasteiger partial charge in [0.1, 0.15) is 11.6 Å². The summed E-state index contributed by atoms with van der Waals surface area (Å²) >= 11 is 2.95. The maximum absolute atomic E-state index is 13.6. The van der Waals surface area contributed by atoms with Crippen molar-refractivity contribution in [3.05, 3.63) is 51.8 Å². The number of hydrogen-bond donors (Lipinski definition) is 2. The van der Waals surface area contributed by atoms with Crippen LogP contribution in [0.15, 0.2) is 28.9 Å². The van der Waals surface area contributed by atoms with Gasteiger partial charge in [-0.25, -0.2) is 8.78 Å². The van der Waals surface area contributed by atoms with Crippen LogP contribution in [0, 0.1) is 18.6 Å². The summed E-state index contributed by atoms with van der Waals surface area (Å²) in [5, 5.41) is 5.27. The van der Waals surface area contributed by atoms with Crippen molar-refractivity contribution < 1.29 is 13.6 Å². The third kappa shape index (κ3) is 3.36. The predicted molar refractivity (Wildman–Crippen MR) is 80.5 cm³/mol. The number of pyridine rings is 1. The van der Waals surface area contributed by atoms with Crippen molar-refractivity contribution in [3.63, 3.8) is 0 Å². The first-order chi connectivity index (χ1) is 9.92. The Labute approximate surface area is 128 Å². The van der Waals surface area contributed by atoms with E-state index in [4.69, 9.17) is 0 Å². The molecule has 0 atom stereocenters. The molecule has 0 aliphatic carbocycles. The molecule has 4 nitrogen and oxygen atoms in total. The van der Waals surface area contributed by atoms with E-state index in [1.54, 1.807) is 20.0 Å². The van der Waals surface area contributed by atoms with Gasteiger partial charge in [0.15, 0.2) is 0 Å². The molecule has 0 saturated carbocycles. The van der Waals surface area contributed by atoms with Crippen LogP contribution in [0.25, 0.3) is 0 Å². The molecule has 0 unspecified atom stereocenters. The fourth-order valence-electron chi connectivity index (χ4n) is 1.76. The van der Waals surface area contributed by atoms with Gasteiger partial charge in [-0.15, -0.1) is 0 Å². The van der Waals surface area contributed by atoms with Gasteiger partial charge in [-0.2, -0.15) is 0 Å². The van der Waals surface area contributed by atoms with Crippen LogP contribution in [0.2, 0.25) is 0 Å². The highest BCUT2D eigenvalue weighted by molar-refractivity contribution is 9.10. The van der Waals surface area contributed by atoms with E-state index in [0.29, 0.717) is 11.8 Å². The first-order valence-corrected chi connectivity index (χ1v) is 6.82. The number of carbonyl (C=O) groups is 1. The summed E-state index contributed by atoms with van der Waals surface area (Å²) in [6, 6.07) is 3.57. The molecule has 0 spiro atoms. The largest absolute Gasteiger partial charge is 0.387 e. The van der Waals surface area contributed by atoms with Crippen molar-refractivity contribution >= 4 is 33.2 Å². The molecule has 21 heavy (non-hydrogen) atoms. The van der Waals surface area contributed by atoms with E-state index in [1.807, 2.05) is 0 Å². The number of aromatic nitrogens is 1. The van der Waals surface area contributed by atoms with Crippen molar-refractivity contribution in [2.24, 2.45) is 0 Å². The summed E-state index contributed by atoms with van der Waals surface area (Å²) in [7, 11) is 1.67. The lowest BCUT2D eigenvalue weighted by Crippen LogP contribution is -2.15. The monoisotopic (exact) mass is 355 g/mol. The average Bonchev–Trinajstić information content (AvgIpc) is 2.44. The molecule has 0 bridgehead atoms. The topological polar surface area (TPSA) is 54.0 Å². The summed E-state index contributed by atoms with van der Waals surface area (Å²) in [5.41, 5.74) is 1.46. The normalized spacial score (nSPS) is 10.3. The van der Waals surface area contributed by atoms with Gasteiger partial charge in [-0.3, -0.25) is 9.78 Å². The minimum atomic E-state index is -0.852. The summed E-state index contributed by atoms with van der Waals surface area (Å²) in [6.45, 7) is 1.79.